The third kappa shape index (κ3) is 16.3. The number of nitrogens with zero attached hydrogens (tertiary/aromatic N) is 5. The van der Waals surface area contributed by atoms with Crippen LogP contribution in [0.1, 0.15) is 5.56 Å². The van der Waals surface area contributed by atoms with Gasteiger partial charge in [-0.2, -0.15) is 28.9 Å². The van der Waals surface area contributed by atoms with Gasteiger partial charge in [0.25, 0.3) is 10.1 Å². The van der Waals surface area contributed by atoms with Crippen molar-refractivity contribution in [1.29, 1.82) is 0 Å². The smallest absolute Gasteiger partial charge is 0.871 e. The number of fused-ring (bicyclic) bond motifs is 2. The summed E-state index contributed by atoms with van der Waals surface area (Å²) in [5.74, 6) is -5.43. The van der Waals surface area contributed by atoms with Crippen LogP contribution >= 0.6 is 0 Å². The summed E-state index contributed by atoms with van der Waals surface area (Å²) in [6.45, 7) is 0. The molecule has 0 aromatic heterocycles. The fourth-order valence-electron chi connectivity index (χ4n) is 6.36. The van der Waals surface area contributed by atoms with E-state index in [0.717, 1.165) is 48.5 Å². The van der Waals surface area contributed by atoms with E-state index < -0.39 is 139 Å². The number of aliphatic imine (C=N–C) groups is 1. The van der Waals surface area contributed by atoms with Gasteiger partial charge in [0.1, 0.15) is 35.2 Å². The first-order chi connectivity index (χ1) is 30.3. The van der Waals surface area contributed by atoms with Crippen LogP contribution in [0.4, 0.5) is 28.4 Å². The van der Waals surface area contributed by atoms with Crippen molar-refractivity contribution in [3.8, 4) is 34.1 Å². The Hall–Kier alpha value is -2.47. The van der Waals surface area contributed by atoms with Gasteiger partial charge in [0.15, 0.2) is 0 Å². The first-order valence-corrected chi connectivity index (χ1v) is 23.2. The third-order valence-electron chi connectivity index (χ3n) is 9.22. The van der Waals surface area contributed by atoms with Gasteiger partial charge in [0.05, 0.1) is 43.1 Å². The average molecular weight is 1210 g/mol. The molecule has 0 aliphatic rings. The minimum Gasteiger partial charge on any atom is -0.871 e. The molecule has 0 fully saturated rings. The van der Waals surface area contributed by atoms with E-state index in [0.29, 0.717) is 18.2 Å². The number of azo groups is 2. The Bertz CT molecular complexity index is 3760. The zero-order valence-corrected chi connectivity index (χ0v) is 50.9. The van der Waals surface area contributed by atoms with Gasteiger partial charge in [-0.15, -0.1) is 0 Å². The Balaban J connectivity index is 0. The minimum absolute atomic E-state index is 0. The number of hydrogen-bond donors (Lipinski definition) is 3. The summed E-state index contributed by atoms with van der Waals surface area (Å²) < 4.78 is 144. The molecule has 7 N–H and O–H groups in total. The van der Waals surface area contributed by atoms with Crippen molar-refractivity contribution < 1.29 is 230 Å². The maximum absolute atomic E-state index is 13.6. The fourth-order valence-corrected chi connectivity index (χ4v) is 9.17. The molecule has 0 saturated carbocycles. The second-order valence-corrected chi connectivity index (χ2v) is 18.8. The molecule has 73 heavy (non-hydrogen) atoms. The summed E-state index contributed by atoms with van der Waals surface area (Å²) in [5, 5.41) is 76.6. The molecule has 368 valence electrons. The first kappa shape index (κ1) is 72.6. The molecule has 7 aromatic carbocycles. The van der Waals surface area contributed by atoms with Crippen LogP contribution in [0.25, 0.3) is 32.7 Å². The maximum Gasteiger partial charge on any atom is 2.00 e. The molecule has 0 unspecified atom stereocenters. The predicted octanol–water partition coefficient (Wildman–Crippen LogP) is -8.48. The number of rotatable bonds is 11. The largest absolute Gasteiger partial charge is 2.00 e. The molecule has 0 aliphatic heterocycles. The summed E-state index contributed by atoms with van der Waals surface area (Å²) >= 11 is 0. The van der Waals surface area contributed by atoms with E-state index in [2.05, 4.69) is 25.4 Å². The van der Waals surface area contributed by atoms with Gasteiger partial charge >= 0.3 is 152 Å². The molecule has 0 heterocycles. The Kier molecular flexibility index (Phi) is 28.1. The van der Waals surface area contributed by atoms with Crippen LogP contribution in [0.15, 0.2) is 154 Å². The molecular formula is C39H25Cu2N7Na4O17S4. The van der Waals surface area contributed by atoms with Gasteiger partial charge < -0.3 is 51.5 Å². The topological polar surface area (TPSA) is 473 Å². The van der Waals surface area contributed by atoms with E-state index in [9.17, 15) is 77.4 Å². The SMILES string of the molecule is N.N.O=S(=O)([O-])c1cc(N=Nc2ccc(-c3ccc(N=Nc4cc(S(=O)(=O)[O-])c5cc(N=C([O-])c6ccccc6)cc(S(=O)(=O)O)c5c4[O-])c([O-])c3)cc2[O-])c([O-])c2c(S(=O)(=O)[O-])cccc12.[Cu+2].[Cu+2].[Na+].[Na+].[Na+].[Na+]. The van der Waals surface area contributed by atoms with Crippen LogP contribution in [-0.4, -0.2) is 57.8 Å². The molecule has 0 atom stereocenters. The van der Waals surface area contributed by atoms with Crippen molar-refractivity contribution in [2.45, 2.75) is 19.6 Å². The van der Waals surface area contributed by atoms with Gasteiger partial charge in [-0.3, -0.25) is 9.55 Å². The van der Waals surface area contributed by atoms with Crippen LogP contribution in [-0.2, 0) is 74.6 Å². The van der Waals surface area contributed by atoms with Crippen LogP contribution in [0.3, 0.4) is 0 Å². The molecule has 0 spiro atoms. The van der Waals surface area contributed by atoms with Gasteiger partial charge in [0, 0.05) is 5.39 Å². The number of hydrogen-bond acceptors (Lipinski definition) is 23. The molecule has 7 rings (SSSR count). The normalized spacial score (nSPS) is 11.6. The van der Waals surface area contributed by atoms with Gasteiger partial charge in [-0.05, 0) is 81.2 Å². The van der Waals surface area contributed by atoms with Crippen molar-refractivity contribution >= 4 is 96.4 Å². The molecule has 24 nitrogen and oxygen atoms in total. The minimum atomic E-state index is -5.58. The average Bonchev–Trinajstić information content (AvgIpc) is 3.22. The van der Waals surface area contributed by atoms with E-state index >= 15 is 0 Å². The van der Waals surface area contributed by atoms with Crippen molar-refractivity contribution in [2.24, 2.45) is 25.4 Å². The van der Waals surface area contributed by atoms with Crippen molar-refractivity contribution in [3.63, 3.8) is 0 Å². The van der Waals surface area contributed by atoms with E-state index in [4.69, 9.17) is 0 Å². The fraction of sp³-hybridized carbons (Fsp3) is 0. The summed E-state index contributed by atoms with van der Waals surface area (Å²) in [6.07, 6.45) is 0. The second kappa shape index (κ2) is 28.2. The molecule has 0 amide bonds. The van der Waals surface area contributed by atoms with Crippen LogP contribution < -0.4 is 156 Å². The summed E-state index contributed by atoms with van der Waals surface area (Å²) in [4.78, 5) is -0.967. The molecule has 0 saturated heterocycles. The Morgan fingerprint density at radius 2 is 0.863 bits per heavy atom. The van der Waals surface area contributed by atoms with Crippen LogP contribution in [0.5, 0.6) is 23.0 Å². The third-order valence-corrected chi connectivity index (χ3v) is 12.7. The summed E-state index contributed by atoms with van der Waals surface area (Å²) in [5.41, 5.74) is -3.26. The summed E-state index contributed by atoms with van der Waals surface area (Å²) in [6, 6.07) is 18.7. The van der Waals surface area contributed by atoms with Crippen molar-refractivity contribution in [2.75, 3.05) is 0 Å². The van der Waals surface area contributed by atoms with Crippen molar-refractivity contribution in [3.05, 3.63) is 115 Å². The Labute approximate surface area is 525 Å². The number of benzene rings is 7. The predicted molar refractivity (Wildman–Crippen MR) is 222 cm³/mol. The molecule has 7 aromatic rings. The Morgan fingerprint density at radius 3 is 1.27 bits per heavy atom. The Morgan fingerprint density at radius 1 is 0.452 bits per heavy atom. The van der Waals surface area contributed by atoms with E-state index in [1.165, 1.54) is 36.4 Å². The van der Waals surface area contributed by atoms with Crippen LogP contribution in [0.2, 0.25) is 0 Å². The van der Waals surface area contributed by atoms with Crippen LogP contribution in [0, 0.1) is 0 Å². The van der Waals surface area contributed by atoms with E-state index in [1.807, 2.05) is 0 Å². The maximum atomic E-state index is 13.6. The summed E-state index contributed by atoms with van der Waals surface area (Å²) in [7, 11) is -21.7. The van der Waals surface area contributed by atoms with E-state index in [-0.39, 0.29) is 181 Å². The molecule has 0 aliphatic carbocycles. The second-order valence-electron chi connectivity index (χ2n) is 13.4. The molecular weight excluding hydrogens is 1190 g/mol. The van der Waals surface area contributed by atoms with Gasteiger partial charge in [-0.25, -0.2) is 25.3 Å². The zero-order valence-electron chi connectivity index (χ0n) is 37.8. The quantitative estimate of drug-likeness (QED) is 0.0356. The molecule has 2 radical (unpaired) electrons. The van der Waals surface area contributed by atoms with Gasteiger partial charge in [-0.1, -0.05) is 89.7 Å². The van der Waals surface area contributed by atoms with Crippen molar-refractivity contribution in [1.82, 2.24) is 12.3 Å². The molecule has 0 bridgehead atoms. The standard InChI is InChI=1S/C39H27N5O17S4.2Cu.2H3N.4Na/c45-29-13-20(9-11-25(29)41-43-27-17-32(63(53,54)55)23-7-4-8-31(62(50,51)52)35(23)37(27)47)21-10-12-26(30(46)14-21)42-44-28-18-33(64(56,57)58)24-15-22(40-39(49)19-5-2-1-3-6-19)16-34(65(59,60)61)36(24)38(28)48;;;;;;;;/h1-18,45-48H,(H,40,49)(H,50,51,52)(H,53,54,55)(H,56,57,58)(H,59,60,61);;;2*1H3;;;;/q;2*+2;;;4*+1/p-8. The molecule has 34 heteroatoms. The monoisotopic (exact) mass is 1210 g/mol. The van der Waals surface area contributed by atoms with E-state index in [1.54, 1.807) is 6.07 Å². The first-order valence-electron chi connectivity index (χ1n) is 17.5. The van der Waals surface area contributed by atoms with Gasteiger partial charge in [0.2, 0.25) is 0 Å². The zero-order chi connectivity index (χ0) is 47.4.